The molecule has 5 nitrogen and oxygen atoms in total. The van der Waals surface area contributed by atoms with Gasteiger partial charge in [-0.2, -0.15) is 0 Å². The summed E-state index contributed by atoms with van der Waals surface area (Å²) in [5, 5.41) is 9.20. The van der Waals surface area contributed by atoms with Crippen LogP contribution >= 0.6 is 11.3 Å². The molecule has 0 radical (unpaired) electrons. The van der Waals surface area contributed by atoms with E-state index in [1.54, 1.807) is 17.5 Å². The molecule has 0 aliphatic carbocycles. The predicted octanol–water partition coefficient (Wildman–Crippen LogP) is 0.614. The molecule has 1 aromatic rings. The maximum absolute atomic E-state index is 12.2. The molecule has 0 spiro atoms. The maximum Gasteiger partial charge on any atom is 0.237 e. The average Bonchev–Trinajstić information content (AvgIpc) is 2.92. The Bertz CT molecular complexity index is 375. The van der Waals surface area contributed by atoms with Gasteiger partial charge in [0.1, 0.15) is 5.01 Å². The summed E-state index contributed by atoms with van der Waals surface area (Å²) in [6, 6.07) is -0.0858. The number of rotatable bonds is 4. The maximum atomic E-state index is 12.2. The van der Waals surface area contributed by atoms with Crippen molar-refractivity contribution < 1.29 is 4.79 Å². The molecule has 1 aliphatic heterocycles. The molecule has 18 heavy (non-hydrogen) atoms. The van der Waals surface area contributed by atoms with Crippen LogP contribution in [0.25, 0.3) is 0 Å². The zero-order valence-corrected chi connectivity index (χ0v) is 11.7. The highest BCUT2D eigenvalue weighted by molar-refractivity contribution is 7.09. The van der Waals surface area contributed by atoms with Crippen LogP contribution in [0, 0.1) is 0 Å². The van der Waals surface area contributed by atoms with Gasteiger partial charge in [0.2, 0.25) is 5.91 Å². The molecule has 6 heteroatoms. The Labute approximate surface area is 112 Å². The Kier molecular flexibility index (Phi) is 4.68. The highest BCUT2D eigenvalue weighted by Crippen LogP contribution is 2.15. The van der Waals surface area contributed by atoms with Crippen molar-refractivity contribution in [2.75, 3.05) is 26.2 Å². The number of hydrogen-bond acceptors (Lipinski definition) is 5. The highest BCUT2D eigenvalue weighted by Gasteiger charge is 2.24. The van der Waals surface area contributed by atoms with Crippen molar-refractivity contribution in [2.45, 2.75) is 25.9 Å². The monoisotopic (exact) mass is 268 g/mol. The first-order chi connectivity index (χ1) is 8.68. The van der Waals surface area contributed by atoms with Crippen LogP contribution in [0.5, 0.6) is 0 Å². The van der Waals surface area contributed by atoms with Gasteiger partial charge >= 0.3 is 0 Å². The molecule has 100 valence electrons. The van der Waals surface area contributed by atoms with Gasteiger partial charge in [0.05, 0.1) is 12.1 Å². The van der Waals surface area contributed by atoms with Gasteiger partial charge in [0.15, 0.2) is 0 Å². The summed E-state index contributed by atoms with van der Waals surface area (Å²) < 4.78 is 0. The fraction of sp³-hybridized carbons (Fsp3) is 0.667. The third-order valence-corrected chi connectivity index (χ3v) is 4.22. The number of hydrogen-bond donors (Lipinski definition) is 2. The van der Waals surface area contributed by atoms with E-state index < -0.39 is 0 Å². The van der Waals surface area contributed by atoms with Gasteiger partial charge in [0, 0.05) is 37.8 Å². The van der Waals surface area contributed by atoms with E-state index in [1.807, 2.05) is 19.2 Å². The quantitative estimate of drug-likeness (QED) is 0.840. The minimum Gasteiger partial charge on any atom is -0.346 e. The van der Waals surface area contributed by atoms with Gasteiger partial charge in [-0.15, -0.1) is 11.3 Å². The summed E-state index contributed by atoms with van der Waals surface area (Å²) >= 11 is 1.57. The van der Waals surface area contributed by atoms with Gasteiger partial charge < -0.3 is 10.6 Å². The molecule has 2 heterocycles. The first kappa shape index (κ1) is 13.5. The van der Waals surface area contributed by atoms with Crippen molar-refractivity contribution in [1.29, 1.82) is 0 Å². The van der Waals surface area contributed by atoms with Gasteiger partial charge in [-0.1, -0.05) is 0 Å². The second-order valence-electron chi connectivity index (χ2n) is 4.56. The van der Waals surface area contributed by atoms with Crippen molar-refractivity contribution in [3.8, 4) is 0 Å². The zero-order chi connectivity index (χ0) is 13.0. The van der Waals surface area contributed by atoms with Crippen molar-refractivity contribution in [3.63, 3.8) is 0 Å². The number of aromatic nitrogens is 1. The van der Waals surface area contributed by atoms with E-state index >= 15 is 0 Å². The summed E-state index contributed by atoms with van der Waals surface area (Å²) in [5.74, 6) is 0.0830. The van der Waals surface area contributed by atoms with E-state index in [9.17, 15) is 4.79 Å². The molecule has 2 unspecified atom stereocenters. The van der Waals surface area contributed by atoms with E-state index in [1.165, 1.54) is 0 Å². The molecule has 2 rings (SSSR count). The fourth-order valence-corrected chi connectivity index (χ4v) is 2.73. The minimum absolute atomic E-state index is 0.0112. The van der Waals surface area contributed by atoms with E-state index in [0.29, 0.717) is 0 Å². The van der Waals surface area contributed by atoms with Crippen LogP contribution in [0.15, 0.2) is 11.6 Å². The van der Waals surface area contributed by atoms with Crippen molar-refractivity contribution >= 4 is 17.2 Å². The average molecular weight is 268 g/mol. The van der Waals surface area contributed by atoms with Crippen molar-refractivity contribution in [2.24, 2.45) is 0 Å². The Morgan fingerprint density at radius 2 is 2.22 bits per heavy atom. The van der Waals surface area contributed by atoms with E-state index in [0.717, 1.165) is 31.2 Å². The number of piperazine rings is 1. The Balaban J connectivity index is 1.86. The lowest BCUT2D eigenvalue weighted by molar-refractivity contribution is -0.126. The second kappa shape index (κ2) is 6.26. The topological polar surface area (TPSA) is 57.3 Å². The molecule has 1 fully saturated rings. The summed E-state index contributed by atoms with van der Waals surface area (Å²) in [6.45, 7) is 7.72. The van der Waals surface area contributed by atoms with Gasteiger partial charge in [0.25, 0.3) is 0 Å². The first-order valence-corrected chi connectivity index (χ1v) is 7.21. The second-order valence-corrected chi connectivity index (χ2v) is 5.49. The molecule has 2 atom stereocenters. The molecule has 1 amide bonds. The van der Waals surface area contributed by atoms with Crippen molar-refractivity contribution in [3.05, 3.63) is 16.6 Å². The molecule has 0 saturated carbocycles. The lowest BCUT2D eigenvalue weighted by Gasteiger charge is -2.32. The summed E-state index contributed by atoms with van der Waals surface area (Å²) in [6.07, 6.45) is 1.77. The molecule has 2 N–H and O–H groups in total. The van der Waals surface area contributed by atoms with Crippen LogP contribution in [0.1, 0.15) is 24.9 Å². The standard InChI is InChI=1S/C12H20N4OS/c1-9(12-14-5-8-18-12)15-11(17)10(2)16-6-3-13-4-7-16/h5,8-10,13H,3-4,6-7H2,1-2H3,(H,15,17). The first-order valence-electron chi connectivity index (χ1n) is 6.33. The van der Waals surface area contributed by atoms with Crippen LogP contribution in [0.4, 0.5) is 0 Å². The summed E-state index contributed by atoms with van der Waals surface area (Å²) in [7, 11) is 0. The summed E-state index contributed by atoms with van der Waals surface area (Å²) in [5.41, 5.74) is 0. The Hall–Kier alpha value is -0.980. The molecular weight excluding hydrogens is 248 g/mol. The third kappa shape index (κ3) is 3.28. The number of nitrogens with zero attached hydrogens (tertiary/aromatic N) is 2. The van der Waals surface area contributed by atoms with Crippen LogP contribution in [-0.2, 0) is 4.79 Å². The highest BCUT2D eigenvalue weighted by atomic mass is 32.1. The van der Waals surface area contributed by atoms with Crippen LogP contribution in [-0.4, -0.2) is 48.0 Å². The predicted molar refractivity (Wildman–Crippen MR) is 72.6 cm³/mol. The van der Waals surface area contributed by atoms with E-state index in [4.69, 9.17) is 0 Å². The van der Waals surface area contributed by atoms with Crippen LogP contribution in [0.3, 0.4) is 0 Å². The molecule has 1 aliphatic rings. The third-order valence-electron chi connectivity index (χ3n) is 3.26. The summed E-state index contributed by atoms with van der Waals surface area (Å²) in [4.78, 5) is 18.6. The lowest BCUT2D eigenvalue weighted by Crippen LogP contribution is -2.52. The normalized spacial score (nSPS) is 20.3. The molecular formula is C12H20N4OS. The smallest absolute Gasteiger partial charge is 0.237 e. The van der Waals surface area contributed by atoms with E-state index in [2.05, 4.69) is 20.5 Å². The van der Waals surface area contributed by atoms with Gasteiger partial charge in [-0.3, -0.25) is 9.69 Å². The number of carbonyl (C=O) groups excluding carboxylic acids is 1. The van der Waals surface area contributed by atoms with Gasteiger partial charge in [-0.25, -0.2) is 4.98 Å². The minimum atomic E-state index is -0.0745. The number of amides is 1. The SMILES string of the molecule is CC(NC(=O)C(C)N1CCNCC1)c1nccs1. The van der Waals surface area contributed by atoms with E-state index in [-0.39, 0.29) is 18.0 Å². The zero-order valence-electron chi connectivity index (χ0n) is 10.8. The lowest BCUT2D eigenvalue weighted by atomic mass is 10.2. The van der Waals surface area contributed by atoms with Crippen LogP contribution in [0.2, 0.25) is 0 Å². The Morgan fingerprint density at radius 1 is 1.50 bits per heavy atom. The number of carbonyl (C=O) groups is 1. The largest absolute Gasteiger partial charge is 0.346 e. The van der Waals surface area contributed by atoms with Crippen molar-refractivity contribution in [1.82, 2.24) is 20.5 Å². The number of nitrogens with one attached hydrogen (secondary N) is 2. The molecule has 1 saturated heterocycles. The molecule has 0 aromatic carbocycles. The Morgan fingerprint density at radius 3 is 2.83 bits per heavy atom. The van der Waals surface area contributed by atoms with Crippen LogP contribution < -0.4 is 10.6 Å². The molecule has 1 aromatic heterocycles. The number of thiazole rings is 1. The fourth-order valence-electron chi connectivity index (χ4n) is 2.08. The van der Waals surface area contributed by atoms with Gasteiger partial charge in [-0.05, 0) is 13.8 Å². The molecule has 0 bridgehead atoms.